The highest BCUT2D eigenvalue weighted by molar-refractivity contribution is 7.99. The molecular formula is C10H15N3OS. The van der Waals surface area contributed by atoms with Crippen LogP contribution < -0.4 is 5.73 Å². The van der Waals surface area contributed by atoms with Crippen LogP contribution in [0.1, 0.15) is 19.4 Å². The van der Waals surface area contributed by atoms with Crippen molar-refractivity contribution in [3.8, 4) is 0 Å². The molecule has 0 radical (unpaired) electrons. The number of pyridine rings is 1. The van der Waals surface area contributed by atoms with Gasteiger partial charge in [-0.3, -0.25) is 0 Å². The van der Waals surface area contributed by atoms with Crippen molar-refractivity contribution in [3.63, 3.8) is 0 Å². The summed E-state index contributed by atoms with van der Waals surface area (Å²) in [4.78, 5) is 4.21. The van der Waals surface area contributed by atoms with Crippen LogP contribution in [0.2, 0.25) is 0 Å². The molecule has 0 aliphatic carbocycles. The summed E-state index contributed by atoms with van der Waals surface area (Å²) in [6, 6.07) is 3.67. The highest BCUT2D eigenvalue weighted by Gasteiger charge is 2.01. The number of thioether (sulfide) groups is 1. The van der Waals surface area contributed by atoms with Gasteiger partial charge in [0, 0.05) is 17.5 Å². The van der Waals surface area contributed by atoms with E-state index in [1.807, 2.05) is 6.07 Å². The molecule has 1 aromatic rings. The molecule has 4 nitrogen and oxygen atoms in total. The Morgan fingerprint density at radius 1 is 1.60 bits per heavy atom. The van der Waals surface area contributed by atoms with Crippen molar-refractivity contribution in [1.29, 1.82) is 0 Å². The van der Waals surface area contributed by atoms with Crippen LogP contribution in [0.15, 0.2) is 28.5 Å². The molecule has 1 rings (SSSR count). The molecule has 0 aliphatic rings. The molecule has 0 saturated heterocycles. The van der Waals surface area contributed by atoms with Crippen LogP contribution in [0, 0.1) is 5.92 Å². The monoisotopic (exact) mass is 225 g/mol. The molecule has 15 heavy (non-hydrogen) atoms. The van der Waals surface area contributed by atoms with Crippen LogP contribution >= 0.6 is 11.8 Å². The van der Waals surface area contributed by atoms with E-state index in [0.29, 0.717) is 11.5 Å². The predicted octanol–water partition coefficient (Wildman–Crippen LogP) is 1.92. The molecule has 82 valence electrons. The maximum absolute atomic E-state index is 8.46. The van der Waals surface area contributed by atoms with Gasteiger partial charge in [-0.1, -0.05) is 19.0 Å². The number of aromatic nitrogens is 1. The first kappa shape index (κ1) is 11.8. The standard InChI is InChI=1S/C10H15N3OS/c1-7(2)6-15-9-4-3-8(5-12-9)10(11)13-14/h3-5,7,14H,6H2,1-2H3,(H2,11,13). The topological polar surface area (TPSA) is 71.5 Å². The molecule has 0 fully saturated rings. The second-order valence-electron chi connectivity index (χ2n) is 3.58. The van der Waals surface area contributed by atoms with Crippen LogP contribution in [-0.4, -0.2) is 21.8 Å². The van der Waals surface area contributed by atoms with Crippen molar-refractivity contribution in [1.82, 2.24) is 4.98 Å². The van der Waals surface area contributed by atoms with E-state index < -0.39 is 0 Å². The second kappa shape index (κ2) is 5.60. The van der Waals surface area contributed by atoms with E-state index >= 15 is 0 Å². The number of oxime groups is 1. The first-order chi connectivity index (χ1) is 7.13. The fourth-order valence-corrected chi connectivity index (χ4v) is 1.72. The zero-order valence-corrected chi connectivity index (χ0v) is 9.66. The highest BCUT2D eigenvalue weighted by Crippen LogP contribution is 2.18. The van der Waals surface area contributed by atoms with Crippen molar-refractivity contribution >= 4 is 17.6 Å². The lowest BCUT2D eigenvalue weighted by Gasteiger charge is -2.04. The predicted molar refractivity (Wildman–Crippen MR) is 62.3 cm³/mol. The van der Waals surface area contributed by atoms with Gasteiger partial charge < -0.3 is 10.9 Å². The molecule has 3 N–H and O–H groups in total. The number of nitrogens with two attached hydrogens (primary N) is 1. The largest absolute Gasteiger partial charge is 0.409 e. The van der Waals surface area contributed by atoms with Gasteiger partial charge in [0.2, 0.25) is 0 Å². The van der Waals surface area contributed by atoms with E-state index in [4.69, 9.17) is 10.9 Å². The summed E-state index contributed by atoms with van der Waals surface area (Å²) in [6.45, 7) is 4.33. The summed E-state index contributed by atoms with van der Waals surface area (Å²) in [5, 5.41) is 12.3. The first-order valence-corrected chi connectivity index (χ1v) is 5.68. The number of rotatable bonds is 4. The second-order valence-corrected chi connectivity index (χ2v) is 4.62. The van der Waals surface area contributed by atoms with Gasteiger partial charge >= 0.3 is 0 Å². The molecule has 0 aromatic carbocycles. The van der Waals surface area contributed by atoms with Crippen molar-refractivity contribution in [2.24, 2.45) is 16.8 Å². The number of nitrogens with zero attached hydrogens (tertiary/aromatic N) is 2. The van der Waals surface area contributed by atoms with Gasteiger partial charge in [0.25, 0.3) is 0 Å². The van der Waals surface area contributed by atoms with Crippen molar-refractivity contribution in [3.05, 3.63) is 23.9 Å². The lowest BCUT2D eigenvalue weighted by Crippen LogP contribution is -2.13. The third-order valence-corrected chi connectivity index (χ3v) is 3.07. The molecule has 5 heteroatoms. The van der Waals surface area contributed by atoms with Gasteiger partial charge in [0.1, 0.15) is 0 Å². The minimum absolute atomic E-state index is 0.0860. The zero-order chi connectivity index (χ0) is 11.3. The third kappa shape index (κ3) is 3.79. The average molecular weight is 225 g/mol. The Labute approximate surface area is 93.6 Å². The van der Waals surface area contributed by atoms with Gasteiger partial charge in [0.05, 0.1) is 5.03 Å². The number of hydrogen-bond donors (Lipinski definition) is 2. The molecule has 1 aromatic heterocycles. The molecule has 0 atom stereocenters. The van der Waals surface area contributed by atoms with Crippen LogP contribution in [0.3, 0.4) is 0 Å². The van der Waals surface area contributed by atoms with E-state index in [1.165, 1.54) is 0 Å². The fraction of sp³-hybridized carbons (Fsp3) is 0.400. The summed E-state index contributed by atoms with van der Waals surface area (Å²) in [6.07, 6.45) is 1.61. The molecule has 0 amide bonds. The van der Waals surface area contributed by atoms with E-state index in [9.17, 15) is 0 Å². The Kier molecular flexibility index (Phi) is 4.42. The maximum atomic E-state index is 8.46. The van der Waals surface area contributed by atoms with Crippen molar-refractivity contribution in [2.45, 2.75) is 18.9 Å². The molecule has 0 spiro atoms. The van der Waals surface area contributed by atoms with Crippen molar-refractivity contribution in [2.75, 3.05) is 5.75 Å². The van der Waals surface area contributed by atoms with Gasteiger partial charge in [-0.2, -0.15) is 0 Å². The number of amidine groups is 1. The third-order valence-electron chi connectivity index (χ3n) is 1.70. The van der Waals surface area contributed by atoms with Gasteiger partial charge in [-0.15, -0.1) is 11.8 Å². The molecule has 0 unspecified atom stereocenters. The molecule has 0 bridgehead atoms. The van der Waals surface area contributed by atoms with Gasteiger partial charge in [-0.05, 0) is 18.1 Å². The van der Waals surface area contributed by atoms with Crippen LogP contribution in [0.4, 0.5) is 0 Å². The Morgan fingerprint density at radius 2 is 2.33 bits per heavy atom. The number of hydrogen-bond acceptors (Lipinski definition) is 4. The quantitative estimate of drug-likeness (QED) is 0.270. The Morgan fingerprint density at radius 3 is 2.80 bits per heavy atom. The maximum Gasteiger partial charge on any atom is 0.171 e. The van der Waals surface area contributed by atoms with Crippen LogP contribution in [0.25, 0.3) is 0 Å². The average Bonchev–Trinajstić information content (AvgIpc) is 2.26. The SMILES string of the molecule is CC(C)CSc1ccc(/C(N)=N/O)cn1. The van der Waals surface area contributed by atoms with Crippen LogP contribution in [-0.2, 0) is 0 Å². The minimum atomic E-state index is 0.0860. The van der Waals surface area contributed by atoms with Gasteiger partial charge in [-0.25, -0.2) is 4.98 Å². The molecule has 1 heterocycles. The highest BCUT2D eigenvalue weighted by atomic mass is 32.2. The Bertz CT molecular complexity index is 335. The minimum Gasteiger partial charge on any atom is -0.409 e. The lowest BCUT2D eigenvalue weighted by molar-refractivity contribution is 0.318. The lowest BCUT2D eigenvalue weighted by atomic mass is 10.3. The molecule has 0 aliphatic heterocycles. The van der Waals surface area contributed by atoms with Gasteiger partial charge in [0.15, 0.2) is 5.84 Å². The van der Waals surface area contributed by atoms with Crippen molar-refractivity contribution < 1.29 is 5.21 Å². The molecule has 0 saturated carbocycles. The Hall–Kier alpha value is -1.23. The van der Waals surface area contributed by atoms with Crippen LogP contribution in [0.5, 0.6) is 0 Å². The fourth-order valence-electron chi connectivity index (χ4n) is 0.927. The normalized spacial score (nSPS) is 12.1. The summed E-state index contributed by atoms with van der Waals surface area (Å²) >= 11 is 1.70. The summed E-state index contributed by atoms with van der Waals surface area (Å²) in [5.41, 5.74) is 6.05. The van der Waals surface area contributed by atoms with E-state index in [-0.39, 0.29) is 5.84 Å². The van der Waals surface area contributed by atoms with E-state index in [1.54, 1.807) is 24.0 Å². The smallest absolute Gasteiger partial charge is 0.171 e. The van der Waals surface area contributed by atoms with E-state index in [0.717, 1.165) is 10.8 Å². The van der Waals surface area contributed by atoms with E-state index in [2.05, 4.69) is 24.0 Å². The summed E-state index contributed by atoms with van der Waals surface area (Å²) < 4.78 is 0. The Balaban J connectivity index is 2.64. The molecular weight excluding hydrogens is 210 g/mol. The summed E-state index contributed by atoms with van der Waals surface area (Å²) in [5.74, 6) is 1.76. The summed E-state index contributed by atoms with van der Waals surface area (Å²) in [7, 11) is 0. The zero-order valence-electron chi connectivity index (χ0n) is 8.84. The first-order valence-electron chi connectivity index (χ1n) is 4.70.